The number of amides is 1. The highest BCUT2D eigenvalue weighted by Crippen LogP contribution is 2.22. The van der Waals surface area contributed by atoms with Crippen molar-refractivity contribution in [3.8, 4) is 0 Å². The average Bonchev–Trinajstić information content (AvgIpc) is 2.78. The minimum Gasteiger partial charge on any atom is -0.285 e. The lowest BCUT2D eigenvalue weighted by atomic mass is 10.2. The van der Waals surface area contributed by atoms with Gasteiger partial charge in [-0.05, 0) is 32.4 Å². The van der Waals surface area contributed by atoms with Gasteiger partial charge in [-0.15, -0.1) is 5.10 Å². The highest BCUT2D eigenvalue weighted by Gasteiger charge is 2.28. The van der Waals surface area contributed by atoms with Crippen LogP contribution >= 0.6 is 11.8 Å². The average molecular weight is 301 g/mol. The first-order valence-corrected chi connectivity index (χ1v) is 7.79. The fraction of sp³-hybridized carbons (Fsp3) is 0.312. The van der Waals surface area contributed by atoms with Gasteiger partial charge in [0.05, 0.1) is 18.0 Å². The van der Waals surface area contributed by atoms with Crippen molar-refractivity contribution in [2.45, 2.75) is 27.3 Å². The van der Waals surface area contributed by atoms with Gasteiger partial charge in [0, 0.05) is 0 Å². The first-order chi connectivity index (χ1) is 10.1. The monoisotopic (exact) mass is 301 g/mol. The van der Waals surface area contributed by atoms with Gasteiger partial charge in [-0.25, -0.2) is 0 Å². The van der Waals surface area contributed by atoms with E-state index in [-0.39, 0.29) is 5.91 Å². The first kappa shape index (κ1) is 15.5. The van der Waals surface area contributed by atoms with Crippen molar-refractivity contribution in [2.24, 2.45) is 10.2 Å². The van der Waals surface area contributed by atoms with Gasteiger partial charge in [0.25, 0.3) is 0 Å². The summed E-state index contributed by atoms with van der Waals surface area (Å²) in [4.78, 5) is 13.7. The third kappa shape index (κ3) is 4.56. The maximum Gasteiger partial charge on any atom is 0.239 e. The van der Waals surface area contributed by atoms with E-state index in [1.165, 1.54) is 17.3 Å². The summed E-state index contributed by atoms with van der Waals surface area (Å²) in [5.41, 5.74) is 3.10. The molecule has 0 N–H and O–H groups in total. The molecule has 1 aromatic rings. The van der Waals surface area contributed by atoms with E-state index in [9.17, 15) is 4.79 Å². The Hall–Kier alpha value is -1.88. The van der Waals surface area contributed by atoms with Crippen LogP contribution in [0.5, 0.6) is 0 Å². The molecule has 4 nitrogen and oxygen atoms in total. The Balaban J connectivity index is 2.15. The second kappa shape index (κ2) is 7.22. The van der Waals surface area contributed by atoms with Gasteiger partial charge in [-0.1, -0.05) is 47.7 Å². The summed E-state index contributed by atoms with van der Waals surface area (Å²) in [6.07, 6.45) is 1.97. The molecule has 0 spiro atoms. The fourth-order valence-corrected chi connectivity index (χ4v) is 2.79. The van der Waals surface area contributed by atoms with E-state index in [0.717, 1.165) is 11.3 Å². The van der Waals surface area contributed by atoms with E-state index in [0.29, 0.717) is 17.5 Å². The summed E-state index contributed by atoms with van der Waals surface area (Å²) in [7, 11) is 0. The molecule has 21 heavy (non-hydrogen) atoms. The second-order valence-electron chi connectivity index (χ2n) is 5.10. The molecule has 0 bridgehead atoms. The molecule has 5 heteroatoms. The number of carbonyl (C=O) groups excluding carboxylic acids is 1. The summed E-state index contributed by atoms with van der Waals surface area (Å²) in [5, 5.41) is 9.09. The van der Waals surface area contributed by atoms with Crippen LogP contribution in [0.3, 0.4) is 0 Å². The van der Waals surface area contributed by atoms with Crippen molar-refractivity contribution in [1.29, 1.82) is 0 Å². The van der Waals surface area contributed by atoms with Crippen molar-refractivity contribution >= 4 is 28.5 Å². The van der Waals surface area contributed by atoms with Gasteiger partial charge in [-0.3, -0.25) is 9.69 Å². The molecule has 2 rings (SSSR count). The number of allylic oxidation sites excluding steroid dienone is 2. The topological polar surface area (TPSA) is 45.0 Å². The van der Waals surface area contributed by atoms with E-state index < -0.39 is 0 Å². The van der Waals surface area contributed by atoms with E-state index in [4.69, 9.17) is 0 Å². The van der Waals surface area contributed by atoms with Crippen molar-refractivity contribution < 1.29 is 4.79 Å². The minimum absolute atomic E-state index is 0.0812. The Morgan fingerprint density at radius 2 is 2.00 bits per heavy atom. The largest absolute Gasteiger partial charge is 0.285 e. The van der Waals surface area contributed by atoms with Crippen LogP contribution in [-0.4, -0.2) is 27.4 Å². The van der Waals surface area contributed by atoms with Gasteiger partial charge in [0.2, 0.25) is 5.91 Å². The van der Waals surface area contributed by atoms with E-state index in [2.05, 4.69) is 10.2 Å². The normalized spacial score (nSPS) is 17.5. The number of hydrogen-bond donors (Lipinski definition) is 0. The summed E-state index contributed by atoms with van der Waals surface area (Å²) in [6.45, 7) is 6.48. The Labute approximate surface area is 129 Å². The molecule has 1 amide bonds. The molecule has 0 aromatic heterocycles. The Kier molecular flexibility index (Phi) is 5.33. The Morgan fingerprint density at radius 3 is 2.67 bits per heavy atom. The zero-order valence-electron chi connectivity index (χ0n) is 12.5. The summed E-state index contributed by atoms with van der Waals surface area (Å²) in [5.74, 6) is 0.515. The van der Waals surface area contributed by atoms with E-state index in [1.807, 2.05) is 57.2 Å². The highest BCUT2D eigenvalue weighted by atomic mass is 32.2. The number of hydrogen-bond acceptors (Lipinski definition) is 4. The molecule has 1 aliphatic heterocycles. The minimum atomic E-state index is 0.0812. The molecule has 1 aliphatic rings. The molecule has 1 saturated heterocycles. The SMILES string of the molecule is CC(C)=C/C(C)=N\N=C1\SCC(=O)N1Cc1ccccc1. The number of nitrogens with zero attached hydrogens (tertiary/aromatic N) is 3. The third-order valence-corrected chi connectivity index (χ3v) is 3.78. The van der Waals surface area contributed by atoms with Gasteiger partial charge >= 0.3 is 0 Å². The lowest BCUT2D eigenvalue weighted by molar-refractivity contribution is -0.124. The molecule has 1 heterocycles. The van der Waals surface area contributed by atoms with Gasteiger partial charge in [0.1, 0.15) is 0 Å². The maximum absolute atomic E-state index is 12.0. The standard InChI is InChI=1S/C16H19N3OS/c1-12(2)9-13(3)17-18-16-19(15(20)11-21-16)10-14-7-5-4-6-8-14/h4-9H,10-11H2,1-3H3/b17-13-,18-16+. The van der Waals surface area contributed by atoms with Crippen molar-refractivity contribution in [3.63, 3.8) is 0 Å². The molecule has 0 radical (unpaired) electrons. The first-order valence-electron chi connectivity index (χ1n) is 6.80. The summed E-state index contributed by atoms with van der Waals surface area (Å²) < 4.78 is 0. The molecule has 1 aromatic carbocycles. The van der Waals surface area contributed by atoms with Crippen LogP contribution in [0.1, 0.15) is 26.3 Å². The molecule has 0 aliphatic carbocycles. The second-order valence-corrected chi connectivity index (χ2v) is 6.04. The number of carbonyl (C=O) groups is 1. The van der Waals surface area contributed by atoms with Crippen LogP contribution in [0.15, 0.2) is 52.2 Å². The Bertz CT molecular complexity index is 601. The molecule has 0 unspecified atom stereocenters. The predicted molar refractivity (Wildman–Crippen MR) is 89.4 cm³/mol. The molecule has 1 fully saturated rings. The number of thioether (sulfide) groups is 1. The molecular weight excluding hydrogens is 282 g/mol. The third-order valence-electron chi connectivity index (χ3n) is 2.83. The molecular formula is C16H19N3OS. The van der Waals surface area contributed by atoms with E-state index >= 15 is 0 Å². The summed E-state index contributed by atoms with van der Waals surface area (Å²) >= 11 is 1.44. The number of benzene rings is 1. The van der Waals surface area contributed by atoms with Crippen LogP contribution in [0.4, 0.5) is 0 Å². The van der Waals surface area contributed by atoms with Crippen molar-refractivity contribution in [3.05, 3.63) is 47.5 Å². The van der Waals surface area contributed by atoms with Crippen LogP contribution in [0.25, 0.3) is 0 Å². The van der Waals surface area contributed by atoms with Crippen LogP contribution in [0.2, 0.25) is 0 Å². The fourth-order valence-electron chi connectivity index (χ4n) is 1.96. The molecule has 110 valence electrons. The number of amidine groups is 1. The van der Waals surface area contributed by atoms with Gasteiger partial charge in [0.15, 0.2) is 5.17 Å². The van der Waals surface area contributed by atoms with Gasteiger partial charge in [-0.2, -0.15) is 5.10 Å². The van der Waals surface area contributed by atoms with E-state index in [1.54, 1.807) is 4.90 Å². The number of rotatable bonds is 4. The maximum atomic E-state index is 12.0. The summed E-state index contributed by atoms with van der Waals surface area (Å²) in [6, 6.07) is 9.91. The van der Waals surface area contributed by atoms with Crippen molar-refractivity contribution in [2.75, 3.05) is 5.75 Å². The lowest BCUT2D eigenvalue weighted by Crippen LogP contribution is -2.28. The highest BCUT2D eigenvalue weighted by molar-refractivity contribution is 8.15. The molecule has 0 atom stereocenters. The molecule has 0 saturated carbocycles. The predicted octanol–water partition coefficient (Wildman–Crippen LogP) is 3.46. The van der Waals surface area contributed by atoms with Crippen LogP contribution in [0, 0.1) is 0 Å². The van der Waals surface area contributed by atoms with Crippen LogP contribution < -0.4 is 0 Å². The zero-order valence-corrected chi connectivity index (χ0v) is 13.4. The quantitative estimate of drug-likeness (QED) is 0.631. The van der Waals surface area contributed by atoms with Gasteiger partial charge < -0.3 is 0 Å². The van der Waals surface area contributed by atoms with Crippen molar-refractivity contribution in [1.82, 2.24) is 4.90 Å². The smallest absolute Gasteiger partial charge is 0.239 e. The zero-order chi connectivity index (χ0) is 15.2. The van der Waals surface area contributed by atoms with Crippen LogP contribution in [-0.2, 0) is 11.3 Å². The Morgan fingerprint density at radius 1 is 1.29 bits per heavy atom. The lowest BCUT2D eigenvalue weighted by Gasteiger charge is -2.14.